The average molecular weight is 320 g/mol. The van der Waals surface area contributed by atoms with Crippen molar-refractivity contribution in [1.29, 1.82) is 15.8 Å². The van der Waals surface area contributed by atoms with Gasteiger partial charge in [0.1, 0.15) is 11.9 Å². The molecule has 0 amide bonds. The minimum atomic E-state index is -1.70. The van der Waals surface area contributed by atoms with E-state index in [0.717, 1.165) is 0 Å². The van der Waals surface area contributed by atoms with Crippen LogP contribution in [0.25, 0.3) is 0 Å². The highest BCUT2D eigenvalue weighted by Gasteiger charge is 2.54. The monoisotopic (exact) mass is 320 g/mol. The van der Waals surface area contributed by atoms with Crippen LogP contribution in [-0.2, 0) is 4.74 Å². The number of benzene rings is 1. The number of rotatable bonds is 1. The van der Waals surface area contributed by atoms with Gasteiger partial charge in [0, 0.05) is 11.8 Å². The molecule has 0 saturated heterocycles. The Morgan fingerprint density at radius 1 is 1.17 bits per heavy atom. The number of fused-ring (bicyclic) bond motifs is 1. The lowest BCUT2D eigenvalue weighted by molar-refractivity contribution is 0.0979. The summed E-state index contributed by atoms with van der Waals surface area (Å²) in [6, 6.07) is 11.7. The second-order valence-corrected chi connectivity index (χ2v) is 5.76. The van der Waals surface area contributed by atoms with Gasteiger partial charge in [0.15, 0.2) is 5.41 Å². The van der Waals surface area contributed by atoms with E-state index in [4.69, 9.17) is 10.5 Å². The summed E-state index contributed by atoms with van der Waals surface area (Å²) in [5.74, 6) is -1.42. The molecule has 1 aromatic rings. The van der Waals surface area contributed by atoms with Crippen LogP contribution in [-0.4, -0.2) is 13.2 Å². The molecule has 5 nitrogen and oxygen atoms in total. The largest absolute Gasteiger partial charge is 0.399 e. The topological polar surface area (TPSA) is 107 Å². The number of nitriles is 3. The molecule has 1 heterocycles. The molecule has 1 aromatic carbocycles. The van der Waals surface area contributed by atoms with Crippen LogP contribution in [0.5, 0.6) is 0 Å². The molecule has 0 unspecified atom stereocenters. The third-order valence-electron chi connectivity index (χ3n) is 4.66. The highest BCUT2D eigenvalue weighted by Crippen LogP contribution is 2.53. The van der Waals surface area contributed by atoms with Gasteiger partial charge in [-0.3, -0.25) is 0 Å². The number of allylic oxidation sites excluding steroid dienone is 2. The third-order valence-corrected chi connectivity index (χ3v) is 4.66. The molecule has 6 heteroatoms. The Morgan fingerprint density at radius 3 is 2.42 bits per heavy atom. The van der Waals surface area contributed by atoms with Crippen molar-refractivity contribution in [1.82, 2.24) is 0 Å². The molecule has 0 bridgehead atoms. The lowest BCUT2D eigenvalue weighted by Gasteiger charge is -2.43. The van der Waals surface area contributed by atoms with Crippen molar-refractivity contribution in [2.45, 2.75) is 5.92 Å². The quantitative estimate of drug-likeness (QED) is 0.854. The van der Waals surface area contributed by atoms with Crippen LogP contribution in [0, 0.1) is 51.1 Å². The number of nitrogens with two attached hydrogens (primary N) is 1. The van der Waals surface area contributed by atoms with E-state index >= 15 is 0 Å². The Morgan fingerprint density at radius 2 is 1.83 bits per heavy atom. The summed E-state index contributed by atoms with van der Waals surface area (Å²) in [5.41, 5.74) is 5.83. The van der Waals surface area contributed by atoms with Gasteiger partial charge in [0.25, 0.3) is 0 Å². The number of hydrogen-bond donors (Lipinski definition) is 1. The first kappa shape index (κ1) is 15.7. The predicted octanol–water partition coefficient (Wildman–Crippen LogP) is 2.27. The molecule has 0 aromatic heterocycles. The Hall–Kier alpha value is -3.14. The summed E-state index contributed by atoms with van der Waals surface area (Å²) in [4.78, 5) is 0. The van der Waals surface area contributed by atoms with Crippen LogP contribution in [0.4, 0.5) is 4.39 Å². The molecule has 1 aliphatic carbocycles. The van der Waals surface area contributed by atoms with Crippen molar-refractivity contribution >= 4 is 0 Å². The van der Waals surface area contributed by atoms with Crippen molar-refractivity contribution in [3.05, 3.63) is 58.6 Å². The van der Waals surface area contributed by atoms with E-state index in [1.807, 2.05) is 18.2 Å². The van der Waals surface area contributed by atoms with E-state index in [9.17, 15) is 20.2 Å². The van der Waals surface area contributed by atoms with E-state index < -0.39 is 17.2 Å². The first-order valence-corrected chi connectivity index (χ1v) is 7.35. The summed E-state index contributed by atoms with van der Waals surface area (Å²) < 4.78 is 18.8. The van der Waals surface area contributed by atoms with Gasteiger partial charge in [-0.1, -0.05) is 18.2 Å². The Kier molecular flexibility index (Phi) is 3.81. The summed E-state index contributed by atoms with van der Waals surface area (Å²) in [6.07, 6.45) is 1.76. The van der Waals surface area contributed by atoms with Gasteiger partial charge in [-0.2, -0.15) is 15.8 Å². The van der Waals surface area contributed by atoms with Crippen LogP contribution in [0.2, 0.25) is 0 Å². The normalized spacial score (nSPS) is 24.8. The molecule has 24 heavy (non-hydrogen) atoms. The van der Waals surface area contributed by atoms with Crippen LogP contribution < -0.4 is 5.73 Å². The maximum absolute atomic E-state index is 13.3. The molecule has 0 saturated carbocycles. The molecule has 2 aliphatic rings. The lowest BCUT2D eigenvalue weighted by atomic mass is 9.58. The highest BCUT2D eigenvalue weighted by atomic mass is 19.1. The van der Waals surface area contributed by atoms with Crippen molar-refractivity contribution < 1.29 is 9.13 Å². The first-order chi connectivity index (χ1) is 11.6. The van der Waals surface area contributed by atoms with Gasteiger partial charge in [0.2, 0.25) is 0 Å². The Bertz CT molecular complexity index is 850. The minimum Gasteiger partial charge on any atom is -0.399 e. The van der Waals surface area contributed by atoms with E-state index in [1.54, 1.807) is 18.2 Å². The molecule has 118 valence electrons. The van der Waals surface area contributed by atoms with Crippen molar-refractivity contribution in [3.8, 4) is 18.2 Å². The van der Waals surface area contributed by atoms with E-state index in [1.165, 1.54) is 12.1 Å². The lowest BCUT2D eigenvalue weighted by Crippen LogP contribution is -2.44. The van der Waals surface area contributed by atoms with Gasteiger partial charge in [-0.25, -0.2) is 4.39 Å². The fraction of sp³-hybridized carbons (Fsp3) is 0.278. The average Bonchev–Trinajstić information content (AvgIpc) is 2.62. The standard InChI is InChI=1S/C18H13FN4O/c19-12-3-1-11(2-4-12)16-15-8-24-6-5-13(15)14(7-20)17(23)18(16,9-21)10-22/h1-5,15-16H,6,8,23H2/t15-,16-/m0/s1. The molecule has 0 radical (unpaired) electrons. The summed E-state index contributed by atoms with van der Waals surface area (Å²) in [6.45, 7) is 0.601. The van der Waals surface area contributed by atoms with Crippen molar-refractivity contribution in [2.75, 3.05) is 13.2 Å². The zero-order valence-electron chi connectivity index (χ0n) is 12.7. The zero-order chi connectivity index (χ0) is 17.3. The van der Waals surface area contributed by atoms with Crippen LogP contribution in [0.15, 0.2) is 47.2 Å². The molecule has 1 aliphatic heterocycles. The second-order valence-electron chi connectivity index (χ2n) is 5.76. The number of ether oxygens (including phenoxy) is 1. The molecule has 3 rings (SSSR count). The smallest absolute Gasteiger partial charge is 0.191 e. The number of nitrogens with zero attached hydrogens (tertiary/aromatic N) is 3. The summed E-state index contributed by atoms with van der Waals surface area (Å²) in [5, 5.41) is 29.0. The Balaban J connectivity index is 2.31. The van der Waals surface area contributed by atoms with E-state index in [2.05, 4.69) is 0 Å². The first-order valence-electron chi connectivity index (χ1n) is 7.35. The maximum Gasteiger partial charge on any atom is 0.191 e. The van der Waals surface area contributed by atoms with E-state index in [0.29, 0.717) is 17.7 Å². The fourth-order valence-electron chi connectivity index (χ4n) is 3.53. The Labute approximate surface area is 138 Å². The number of halogens is 1. The fourth-order valence-corrected chi connectivity index (χ4v) is 3.53. The molecule has 2 atom stereocenters. The third kappa shape index (κ3) is 2.07. The molecular weight excluding hydrogens is 307 g/mol. The molecular formula is C18H13FN4O. The maximum atomic E-state index is 13.3. The van der Waals surface area contributed by atoms with Crippen molar-refractivity contribution in [3.63, 3.8) is 0 Å². The van der Waals surface area contributed by atoms with Crippen LogP contribution in [0.1, 0.15) is 11.5 Å². The van der Waals surface area contributed by atoms with Gasteiger partial charge < -0.3 is 10.5 Å². The van der Waals surface area contributed by atoms with Gasteiger partial charge >= 0.3 is 0 Å². The second kappa shape index (κ2) is 5.81. The van der Waals surface area contributed by atoms with Crippen LogP contribution >= 0.6 is 0 Å². The molecule has 0 spiro atoms. The zero-order valence-corrected chi connectivity index (χ0v) is 12.7. The van der Waals surface area contributed by atoms with Crippen LogP contribution in [0.3, 0.4) is 0 Å². The van der Waals surface area contributed by atoms with Crippen molar-refractivity contribution in [2.24, 2.45) is 17.1 Å². The highest BCUT2D eigenvalue weighted by molar-refractivity contribution is 5.59. The summed E-state index contributed by atoms with van der Waals surface area (Å²) >= 11 is 0. The van der Waals surface area contributed by atoms with Gasteiger partial charge in [0.05, 0.1) is 36.6 Å². The SMILES string of the molecule is N#CC1=C(N)C(C#N)(C#N)[C@@H](c2ccc(F)cc2)[C@H]2COCC=C12. The predicted molar refractivity (Wildman–Crippen MR) is 82.0 cm³/mol. The van der Waals surface area contributed by atoms with E-state index in [-0.39, 0.29) is 23.8 Å². The molecule has 0 fully saturated rings. The minimum absolute atomic E-state index is 0.0475. The number of hydrogen-bond acceptors (Lipinski definition) is 5. The summed E-state index contributed by atoms with van der Waals surface area (Å²) in [7, 11) is 0. The van der Waals surface area contributed by atoms with Gasteiger partial charge in [-0.15, -0.1) is 0 Å². The molecule has 2 N–H and O–H groups in total. The van der Waals surface area contributed by atoms with Gasteiger partial charge in [-0.05, 0) is 23.3 Å².